The maximum absolute atomic E-state index is 11.9. The Bertz CT molecular complexity index is 315. The van der Waals surface area contributed by atoms with E-state index in [0.717, 1.165) is 19.3 Å². The van der Waals surface area contributed by atoms with Crippen molar-refractivity contribution in [2.24, 2.45) is 5.41 Å². The minimum atomic E-state index is -1.31. The number of hydrogen-bond donors (Lipinski definition) is 0. The van der Waals surface area contributed by atoms with Crippen molar-refractivity contribution in [2.45, 2.75) is 39.0 Å². The van der Waals surface area contributed by atoms with Crippen LogP contribution in [0, 0.1) is 5.41 Å². The van der Waals surface area contributed by atoms with Crippen molar-refractivity contribution in [1.29, 1.82) is 0 Å². The van der Waals surface area contributed by atoms with E-state index in [2.05, 4.69) is 13.5 Å². The molecule has 0 aromatic rings. The maximum atomic E-state index is 11.9. The van der Waals surface area contributed by atoms with Gasteiger partial charge in [-0.05, 0) is 19.3 Å². The summed E-state index contributed by atoms with van der Waals surface area (Å²) in [5.41, 5.74) is -1.31. The van der Waals surface area contributed by atoms with Crippen LogP contribution < -0.4 is 0 Å². The van der Waals surface area contributed by atoms with E-state index >= 15 is 0 Å². The lowest BCUT2D eigenvalue weighted by Gasteiger charge is -2.25. The van der Waals surface area contributed by atoms with Crippen LogP contribution in [0.2, 0.25) is 0 Å². The number of methoxy groups -OCH3 is 2. The molecular weight excluding hydrogens is 244 g/mol. The largest absolute Gasteiger partial charge is 0.468 e. The summed E-state index contributed by atoms with van der Waals surface area (Å²) in [7, 11) is 2.54. The van der Waals surface area contributed by atoms with E-state index < -0.39 is 17.4 Å². The molecule has 0 aliphatic carbocycles. The molecule has 0 heterocycles. The Labute approximate surface area is 115 Å². The molecule has 0 aromatic heterocycles. The van der Waals surface area contributed by atoms with Gasteiger partial charge in [-0.1, -0.05) is 38.0 Å². The Balaban J connectivity index is 5.00. The van der Waals surface area contributed by atoms with Crippen LogP contribution in [0.5, 0.6) is 0 Å². The fourth-order valence-electron chi connectivity index (χ4n) is 1.86. The van der Waals surface area contributed by atoms with Gasteiger partial charge in [0.15, 0.2) is 5.41 Å². The van der Waals surface area contributed by atoms with Crippen LogP contribution in [0.25, 0.3) is 0 Å². The molecule has 0 aliphatic heterocycles. The molecule has 4 nitrogen and oxygen atoms in total. The number of carbonyl (C=O) groups excluding carboxylic acids is 2. The molecule has 0 spiro atoms. The van der Waals surface area contributed by atoms with Crippen molar-refractivity contribution in [3.8, 4) is 0 Å². The molecular formula is C15H24O4. The van der Waals surface area contributed by atoms with Gasteiger partial charge in [0, 0.05) is 0 Å². The normalized spacial score (nSPS) is 11.3. The Kier molecular flexibility index (Phi) is 8.58. The predicted molar refractivity (Wildman–Crippen MR) is 74.6 cm³/mol. The van der Waals surface area contributed by atoms with Crippen LogP contribution in [0.3, 0.4) is 0 Å². The summed E-state index contributed by atoms with van der Waals surface area (Å²) >= 11 is 0. The fourth-order valence-corrected chi connectivity index (χ4v) is 1.86. The third kappa shape index (κ3) is 4.89. The average molecular weight is 268 g/mol. The number of unbranched alkanes of at least 4 members (excludes halogenated alkanes) is 2. The molecule has 0 saturated carbocycles. The second kappa shape index (κ2) is 9.36. The second-order valence-electron chi connectivity index (χ2n) is 4.38. The molecule has 0 aliphatic rings. The molecule has 0 amide bonds. The maximum Gasteiger partial charge on any atom is 0.323 e. The third-order valence-electron chi connectivity index (χ3n) is 3.00. The highest BCUT2D eigenvalue weighted by atomic mass is 16.5. The topological polar surface area (TPSA) is 52.6 Å². The standard InChI is InChI=1S/C15H24O4/c1-5-7-8-9-10-12-15(11-6-2,13(16)18-3)14(17)19-4/h6,9-10H,2,5,7-8,11-12H2,1,3-4H3/b10-9+. The summed E-state index contributed by atoms with van der Waals surface area (Å²) in [5, 5.41) is 0. The van der Waals surface area contributed by atoms with Crippen molar-refractivity contribution in [3.05, 3.63) is 24.8 Å². The van der Waals surface area contributed by atoms with Crippen LogP contribution in [0.4, 0.5) is 0 Å². The monoisotopic (exact) mass is 268 g/mol. The number of hydrogen-bond acceptors (Lipinski definition) is 4. The Morgan fingerprint density at radius 2 is 1.68 bits per heavy atom. The van der Waals surface area contributed by atoms with Crippen LogP contribution in [-0.2, 0) is 19.1 Å². The molecule has 0 radical (unpaired) electrons. The molecule has 0 aromatic carbocycles. The first-order valence-corrected chi connectivity index (χ1v) is 6.51. The molecule has 0 saturated heterocycles. The van der Waals surface area contributed by atoms with E-state index in [4.69, 9.17) is 9.47 Å². The summed E-state index contributed by atoms with van der Waals surface area (Å²) < 4.78 is 9.50. The van der Waals surface area contributed by atoms with Gasteiger partial charge in [-0.25, -0.2) is 0 Å². The quantitative estimate of drug-likeness (QED) is 0.279. The fraction of sp³-hybridized carbons (Fsp3) is 0.600. The highest BCUT2D eigenvalue weighted by molar-refractivity contribution is 6.00. The zero-order chi connectivity index (χ0) is 14.7. The van der Waals surface area contributed by atoms with E-state index in [-0.39, 0.29) is 12.8 Å². The van der Waals surface area contributed by atoms with Crippen LogP contribution in [0.15, 0.2) is 24.8 Å². The minimum absolute atomic E-state index is 0.199. The Morgan fingerprint density at radius 3 is 2.11 bits per heavy atom. The Morgan fingerprint density at radius 1 is 1.11 bits per heavy atom. The molecule has 0 unspecified atom stereocenters. The summed E-state index contributed by atoms with van der Waals surface area (Å²) in [6, 6.07) is 0. The van der Waals surface area contributed by atoms with Crippen LogP contribution in [-0.4, -0.2) is 26.2 Å². The number of esters is 2. The number of carbonyl (C=O) groups is 2. The van der Waals surface area contributed by atoms with Gasteiger partial charge < -0.3 is 9.47 Å². The smallest absolute Gasteiger partial charge is 0.323 e. The van der Waals surface area contributed by atoms with Crippen molar-refractivity contribution >= 4 is 11.9 Å². The Hall–Kier alpha value is -1.58. The van der Waals surface area contributed by atoms with Gasteiger partial charge in [0.25, 0.3) is 0 Å². The van der Waals surface area contributed by atoms with Gasteiger partial charge >= 0.3 is 11.9 Å². The average Bonchev–Trinajstić information content (AvgIpc) is 2.44. The van der Waals surface area contributed by atoms with E-state index in [1.165, 1.54) is 20.3 Å². The second-order valence-corrected chi connectivity index (χ2v) is 4.38. The molecule has 0 rings (SSSR count). The zero-order valence-electron chi connectivity index (χ0n) is 12.1. The van der Waals surface area contributed by atoms with Gasteiger partial charge in [-0.2, -0.15) is 0 Å². The summed E-state index contributed by atoms with van der Waals surface area (Å²) in [5.74, 6) is -1.17. The van der Waals surface area contributed by atoms with E-state index in [0.29, 0.717) is 0 Å². The van der Waals surface area contributed by atoms with Gasteiger partial charge in [0.2, 0.25) is 0 Å². The number of ether oxygens (including phenoxy) is 2. The molecule has 0 bridgehead atoms. The lowest BCUT2D eigenvalue weighted by atomic mass is 9.81. The lowest BCUT2D eigenvalue weighted by Crippen LogP contribution is -2.40. The summed E-state index contributed by atoms with van der Waals surface area (Å²) in [6.07, 6.45) is 8.95. The lowest BCUT2D eigenvalue weighted by molar-refractivity contribution is -0.168. The van der Waals surface area contributed by atoms with Crippen LogP contribution in [0.1, 0.15) is 39.0 Å². The van der Waals surface area contributed by atoms with Crippen molar-refractivity contribution in [3.63, 3.8) is 0 Å². The van der Waals surface area contributed by atoms with Gasteiger partial charge in [0.05, 0.1) is 14.2 Å². The highest BCUT2D eigenvalue weighted by Crippen LogP contribution is 2.31. The first-order chi connectivity index (χ1) is 9.08. The zero-order valence-corrected chi connectivity index (χ0v) is 12.1. The first kappa shape index (κ1) is 17.4. The SMILES string of the molecule is C=CCC(C/C=C/CCCC)(C(=O)OC)C(=O)OC. The van der Waals surface area contributed by atoms with Gasteiger partial charge in [-0.15, -0.1) is 6.58 Å². The van der Waals surface area contributed by atoms with Crippen molar-refractivity contribution in [2.75, 3.05) is 14.2 Å². The molecule has 0 atom stereocenters. The van der Waals surface area contributed by atoms with Crippen molar-refractivity contribution in [1.82, 2.24) is 0 Å². The first-order valence-electron chi connectivity index (χ1n) is 6.51. The summed E-state index contributed by atoms with van der Waals surface area (Å²) in [4.78, 5) is 23.9. The molecule has 4 heteroatoms. The predicted octanol–water partition coefficient (Wildman–Crippen LogP) is 3.03. The van der Waals surface area contributed by atoms with Gasteiger partial charge in [0.1, 0.15) is 0 Å². The molecule has 19 heavy (non-hydrogen) atoms. The van der Waals surface area contributed by atoms with E-state index in [1.54, 1.807) is 0 Å². The molecule has 0 N–H and O–H groups in total. The van der Waals surface area contributed by atoms with E-state index in [9.17, 15) is 9.59 Å². The highest BCUT2D eigenvalue weighted by Gasteiger charge is 2.46. The van der Waals surface area contributed by atoms with Crippen LogP contribution >= 0.6 is 0 Å². The molecule has 108 valence electrons. The molecule has 0 fully saturated rings. The number of allylic oxidation sites excluding steroid dienone is 3. The summed E-state index contributed by atoms with van der Waals surface area (Å²) in [6.45, 7) is 5.71. The van der Waals surface area contributed by atoms with E-state index in [1.807, 2.05) is 12.2 Å². The minimum Gasteiger partial charge on any atom is -0.468 e. The van der Waals surface area contributed by atoms with Crippen molar-refractivity contribution < 1.29 is 19.1 Å². The third-order valence-corrected chi connectivity index (χ3v) is 3.00. The number of rotatable bonds is 9. The van der Waals surface area contributed by atoms with Gasteiger partial charge in [-0.3, -0.25) is 9.59 Å².